The van der Waals surface area contributed by atoms with Gasteiger partial charge in [0.25, 0.3) is 5.78 Å². The first-order chi connectivity index (χ1) is 11.4. The summed E-state index contributed by atoms with van der Waals surface area (Å²) in [6.45, 7) is 0. The van der Waals surface area contributed by atoms with Crippen LogP contribution in [0.25, 0.3) is 5.78 Å². The monoisotopic (exact) mass is 303 g/mol. The number of rotatable bonds is 4. The first-order valence-corrected chi connectivity index (χ1v) is 7.10. The maximum absolute atomic E-state index is 4.51. The van der Waals surface area contributed by atoms with Crippen LogP contribution in [0, 0.1) is 0 Å². The van der Waals surface area contributed by atoms with Crippen LogP contribution in [0.15, 0.2) is 67.0 Å². The van der Waals surface area contributed by atoms with E-state index in [1.54, 1.807) is 10.7 Å². The summed E-state index contributed by atoms with van der Waals surface area (Å²) in [6.07, 6.45) is 1.58. The lowest BCUT2D eigenvalue weighted by Gasteiger charge is -2.10. The van der Waals surface area contributed by atoms with Gasteiger partial charge in [-0.25, -0.2) is 4.40 Å². The zero-order valence-electron chi connectivity index (χ0n) is 12.1. The molecular formula is C16H13N7. The average Bonchev–Trinajstić information content (AvgIpc) is 3.05. The molecule has 2 aromatic carbocycles. The van der Waals surface area contributed by atoms with Crippen LogP contribution < -0.4 is 10.6 Å². The third-order valence-electron chi connectivity index (χ3n) is 3.24. The molecule has 4 aromatic rings. The molecule has 0 unspecified atom stereocenters. The zero-order chi connectivity index (χ0) is 15.5. The maximum atomic E-state index is 4.51. The largest absolute Gasteiger partial charge is 0.325 e. The van der Waals surface area contributed by atoms with Crippen molar-refractivity contribution in [1.82, 2.24) is 24.6 Å². The second kappa shape index (κ2) is 5.72. The molecule has 0 saturated heterocycles. The Kier molecular flexibility index (Phi) is 3.28. The summed E-state index contributed by atoms with van der Waals surface area (Å²) in [5, 5.41) is 14.3. The molecule has 7 nitrogen and oxygen atoms in total. The first-order valence-electron chi connectivity index (χ1n) is 7.10. The fourth-order valence-corrected chi connectivity index (χ4v) is 2.17. The van der Waals surface area contributed by atoms with E-state index in [0.717, 1.165) is 11.4 Å². The SMILES string of the molecule is c1ccc(Nc2nc(Nc3ccccc3)n3cnnc3n2)cc1. The molecule has 0 aliphatic rings. The Labute approximate surface area is 132 Å². The van der Waals surface area contributed by atoms with Gasteiger partial charge in [0.15, 0.2) is 0 Å². The number of nitrogens with zero attached hydrogens (tertiary/aromatic N) is 5. The molecule has 4 rings (SSSR count). The molecule has 0 radical (unpaired) electrons. The van der Waals surface area contributed by atoms with Gasteiger partial charge in [0.05, 0.1) is 0 Å². The molecule has 0 atom stereocenters. The minimum atomic E-state index is 0.454. The minimum Gasteiger partial charge on any atom is -0.325 e. The fraction of sp³-hybridized carbons (Fsp3) is 0. The molecule has 0 aliphatic carbocycles. The lowest BCUT2D eigenvalue weighted by molar-refractivity contribution is 1.02. The summed E-state index contributed by atoms with van der Waals surface area (Å²) in [6, 6.07) is 19.5. The van der Waals surface area contributed by atoms with Gasteiger partial charge in [-0.2, -0.15) is 9.97 Å². The summed E-state index contributed by atoms with van der Waals surface area (Å²) in [7, 11) is 0. The van der Waals surface area contributed by atoms with Crippen molar-refractivity contribution >= 4 is 29.0 Å². The van der Waals surface area contributed by atoms with Gasteiger partial charge >= 0.3 is 0 Å². The van der Waals surface area contributed by atoms with Gasteiger partial charge in [-0.15, -0.1) is 10.2 Å². The van der Waals surface area contributed by atoms with Crippen molar-refractivity contribution in [2.24, 2.45) is 0 Å². The van der Waals surface area contributed by atoms with Gasteiger partial charge in [-0.1, -0.05) is 36.4 Å². The standard InChI is InChI=1S/C16H13N7/c1-3-7-12(8-4-1)18-14-20-15(19-13-9-5-2-6-10-13)23-11-17-22-16(23)21-14/h1-11H,(H2,18,19,20,21,22). The van der Waals surface area contributed by atoms with E-state index < -0.39 is 0 Å². The first kappa shape index (κ1) is 13.2. The molecule has 2 N–H and O–H groups in total. The number of fused-ring (bicyclic) bond motifs is 1. The maximum Gasteiger partial charge on any atom is 0.260 e. The summed E-state index contributed by atoms with van der Waals surface area (Å²) >= 11 is 0. The number of para-hydroxylation sites is 2. The van der Waals surface area contributed by atoms with Crippen LogP contribution in [0.5, 0.6) is 0 Å². The molecule has 0 amide bonds. The molecule has 0 spiro atoms. The van der Waals surface area contributed by atoms with E-state index in [9.17, 15) is 0 Å². The fourth-order valence-electron chi connectivity index (χ4n) is 2.17. The van der Waals surface area contributed by atoms with Crippen LogP contribution in [-0.2, 0) is 0 Å². The van der Waals surface area contributed by atoms with Crippen LogP contribution in [0.1, 0.15) is 0 Å². The number of nitrogens with one attached hydrogen (secondary N) is 2. The number of benzene rings is 2. The second-order valence-electron chi connectivity index (χ2n) is 4.85. The van der Waals surface area contributed by atoms with Crippen LogP contribution in [-0.4, -0.2) is 24.6 Å². The Balaban J connectivity index is 1.72. The van der Waals surface area contributed by atoms with Crippen LogP contribution in [0.3, 0.4) is 0 Å². The minimum absolute atomic E-state index is 0.454. The van der Waals surface area contributed by atoms with Crippen LogP contribution >= 0.6 is 0 Å². The Hall–Kier alpha value is -3.48. The van der Waals surface area contributed by atoms with E-state index in [2.05, 4.69) is 30.8 Å². The third-order valence-corrected chi connectivity index (χ3v) is 3.24. The molecule has 7 heteroatoms. The van der Waals surface area contributed by atoms with Gasteiger partial charge < -0.3 is 10.6 Å². The van der Waals surface area contributed by atoms with Crippen molar-refractivity contribution in [3.05, 3.63) is 67.0 Å². The molecule has 2 aromatic heterocycles. The van der Waals surface area contributed by atoms with Crippen molar-refractivity contribution in [3.8, 4) is 0 Å². The van der Waals surface area contributed by atoms with Crippen LogP contribution in [0.2, 0.25) is 0 Å². The normalized spacial score (nSPS) is 10.6. The van der Waals surface area contributed by atoms with E-state index in [-0.39, 0.29) is 0 Å². The summed E-state index contributed by atoms with van der Waals surface area (Å²) in [4.78, 5) is 8.87. The number of hydrogen-bond donors (Lipinski definition) is 2. The quantitative estimate of drug-likeness (QED) is 0.603. The van der Waals surface area contributed by atoms with Gasteiger partial charge in [0.1, 0.15) is 6.33 Å². The van der Waals surface area contributed by atoms with Gasteiger partial charge in [-0.05, 0) is 24.3 Å². The Morgan fingerprint density at radius 2 is 1.39 bits per heavy atom. The van der Waals surface area contributed by atoms with Gasteiger partial charge in [0.2, 0.25) is 11.9 Å². The highest BCUT2D eigenvalue weighted by atomic mass is 15.4. The van der Waals surface area contributed by atoms with Crippen LogP contribution in [0.4, 0.5) is 23.3 Å². The van der Waals surface area contributed by atoms with E-state index in [1.807, 2.05) is 60.7 Å². The molecule has 2 heterocycles. The average molecular weight is 303 g/mol. The van der Waals surface area contributed by atoms with E-state index in [1.165, 1.54) is 0 Å². The Morgan fingerprint density at radius 3 is 2.09 bits per heavy atom. The number of hydrogen-bond acceptors (Lipinski definition) is 6. The predicted molar refractivity (Wildman–Crippen MR) is 88.0 cm³/mol. The molecule has 0 bridgehead atoms. The van der Waals surface area contributed by atoms with Crippen molar-refractivity contribution in [2.45, 2.75) is 0 Å². The van der Waals surface area contributed by atoms with Crippen molar-refractivity contribution in [2.75, 3.05) is 10.6 Å². The highest BCUT2D eigenvalue weighted by Gasteiger charge is 2.09. The Morgan fingerprint density at radius 1 is 0.739 bits per heavy atom. The molecular weight excluding hydrogens is 290 g/mol. The highest BCUT2D eigenvalue weighted by molar-refractivity contribution is 5.60. The lowest BCUT2D eigenvalue weighted by Crippen LogP contribution is -2.06. The third kappa shape index (κ3) is 2.80. The number of anilines is 4. The number of aromatic nitrogens is 5. The molecule has 23 heavy (non-hydrogen) atoms. The summed E-state index contributed by atoms with van der Waals surface area (Å²) in [5.74, 6) is 1.51. The smallest absolute Gasteiger partial charge is 0.260 e. The van der Waals surface area contributed by atoms with E-state index in [0.29, 0.717) is 17.7 Å². The zero-order valence-corrected chi connectivity index (χ0v) is 12.1. The van der Waals surface area contributed by atoms with Gasteiger partial charge in [0, 0.05) is 11.4 Å². The lowest BCUT2D eigenvalue weighted by atomic mass is 10.3. The topological polar surface area (TPSA) is 80.0 Å². The van der Waals surface area contributed by atoms with Crippen molar-refractivity contribution < 1.29 is 0 Å². The second-order valence-corrected chi connectivity index (χ2v) is 4.85. The molecule has 112 valence electrons. The van der Waals surface area contributed by atoms with Crippen molar-refractivity contribution in [1.29, 1.82) is 0 Å². The highest BCUT2D eigenvalue weighted by Crippen LogP contribution is 2.18. The van der Waals surface area contributed by atoms with Gasteiger partial charge in [-0.3, -0.25) is 0 Å². The van der Waals surface area contributed by atoms with Crippen molar-refractivity contribution in [3.63, 3.8) is 0 Å². The molecule has 0 saturated carbocycles. The summed E-state index contributed by atoms with van der Waals surface area (Å²) < 4.78 is 1.70. The predicted octanol–water partition coefficient (Wildman–Crippen LogP) is 3.01. The molecule has 0 aliphatic heterocycles. The molecule has 0 fully saturated rings. The van der Waals surface area contributed by atoms with E-state index >= 15 is 0 Å². The van der Waals surface area contributed by atoms with E-state index in [4.69, 9.17) is 0 Å². The summed E-state index contributed by atoms with van der Waals surface area (Å²) in [5.41, 5.74) is 1.83. The Bertz CT molecular complexity index is 919.